The molecular weight excluding hydrogens is 438 g/mol. The van der Waals surface area contributed by atoms with Gasteiger partial charge in [0.25, 0.3) is 5.91 Å². The highest BCUT2D eigenvalue weighted by Gasteiger charge is 2.20. The van der Waals surface area contributed by atoms with E-state index in [0.717, 1.165) is 5.56 Å². The Hall–Kier alpha value is -2.91. The topological polar surface area (TPSA) is 90.3 Å². The molecule has 0 aliphatic rings. The van der Waals surface area contributed by atoms with E-state index in [-0.39, 0.29) is 16.9 Å². The first kappa shape index (κ1) is 24.7. The molecule has 1 amide bonds. The number of anilines is 2. The quantitative estimate of drug-likeness (QED) is 0.378. The smallest absolute Gasteiger partial charge is 0.253 e. The molecule has 164 valence electrons. The molecule has 0 bridgehead atoms. The predicted octanol–water partition coefficient (Wildman–Crippen LogP) is 2.75. The van der Waals surface area contributed by atoms with Gasteiger partial charge in [-0.15, -0.1) is 0 Å². The van der Waals surface area contributed by atoms with Crippen molar-refractivity contribution in [1.29, 1.82) is 0 Å². The zero-order valence-corrected chi connectivity index (χ0v) is 19.3. The predicted molar refractivity (Wildman–Crippen MR) is 131 cm³/mol. The monoisotopic (exact) mass is 459 g/mol. The van der Waals surface area contributed by atoms with E-state index in [4.69, 9.17) is 44.6 Å². The Bertz CT molecular complexity index is 1140. The van der Waals surface area contributed by atoms with Gasteiger partial charge in [-0.2, -0.15) is 5.10 Å². The normalized spacial score (nSPS) is 12.2. The minimum atomic E-state index is -1.90. The Morgan fingerprint density at radius 1 is 1.27 bits per heavy atom. The van der Waals surface area contributed by atoms with Crippen LogP contribution >= 0.6 is 11.6 Å². The van der Waals surface area contributed by atoms with Crippen LogP contribution in [-0.2, 0) is 4.74 Å². The van der Waals surface area contributed by atoms with Gasteiger partial charge in [0.15, 0.2) is 5.75 Å². The summed E-state index contributed by atoms with van der Waals surface area (Å²) in [6.45, 7) is 4.41. The number of hydrogen-bond donors (Lipinski definition) is 2. The molecule has 3 aromatic rings. The standard InChI is InChI=1S/C21H21B3ClN5O3/c1-4-33-12(2)30-9-8-15(29-30)13-6-5-7-16(19(13)32-3)27-17-10-18(25)26-11-14(17)20(31)28-21(22,23)24/h5-12H,4H2,1-3H3,(H,26,27)(H,28,31). The first-order valence-electron chi connectivity index (χ1n) is 10.1. The summed E-state index contributed by atoms with van der Waals surface area (Å²) < 4.78 is 13.0. The molecule has 0 spiro atoms. The SMILES string of the molecule is [B]C([B])([B])NC(=O)c1cnc(Cl)cc1Nc1cccc(-c2ccn(C(C)OCC)n2)c1OC. The second-order valence-corrected chi connectivity index (χ2v) is 7.57. The van der Waals surface area contributed by atoms with E-state index in [1.54, 1.807) is 17.9 Å². The Morgan fingerprint density at radius 2 is 2.03 bits per heavy atom. The van der Waals surface area contributed by atoms with Crippen molar-refractivity contribution in [3.8, 4) is 17.0 Å². The summed E-state index contributed by atoms with van der Waals surface area (Å²) in [4.78, 5) is 16.6. The molecule has 6 radical (unpaired) electrons. The van der Waals surface area contributed by atoms with Gasteiger partial charge in [-0.05, 0) is 38.1 Å². The second-order valence-electron chi connectivity index (χ2n) is 7.19. The van der Waals surface area contributed by atoms with Crippen molar-refractivity contribution in [1.82, 2.24) is 20.1 Å². The number of carbonyl (C=O) groups excluding carboxylic acids is 1. The highest BCUT2D eigenvalue weighted by Crippen LogP contribution is 2.38. The molecule has 1 aromatic carbocycles. The number of para-hydroxylation sites is 1. The molecule has 12 heteroatoms. The van der Waals surface area contributed by atoms with Gasteiger partial charge >= 0.3 is 0 Å². The third-order valence-corrected chi connectivity index (χ3v) is 4.81. The number of carbonyl (C=O) groups is 1. The van der Waals surface area contributed by atoms with Crippen molar-refractivity contribution >= 4 is 52.4 Å². The molecule has 1 atom stereocenters. The second kappa shape index (κ2) is 10.4. The summed E-state index contributed by atoms with van der Waals surface area (Å²) >= 11 is 6.07. The van der Waals surface area contributed by atoms with Crippen molar-refractivity contribution in [3.05, 3.63) is 53.4 Å². The lowest BCUT2D eigenvalue weighted by Gasteiger charge is -2.23. The van der Waals surface area contributed by atoms with E-state index in [9.17, 15) is 4.79 Å². The van der Waals surface area contributed by atoms with Gasteiger partial charge in [-0.1, -0.05) is 22.9 Å². The van der Waals surface area contributed by atoms with Crippen LogP contribution in [0.3, 0.4) is 0 Å². The maximum Gasteiger partial charge on any atom is 0.253 e. The van der Waals surface area contributed by atoms with Crippen LogP contribution in [0.25, 0.3) is 11.3 Å². The lowest BCUT2D eigenvalue weighted by Crippen LogP contribution is -2.50. The first-order chi connectivity index (χ1) is 15.6. The van der Waals surface area contributed by atoms with E-state index in [1.807, 2.05) is 38.2 Å². The van der Waals surface area contributed by atoms with Crippen molar-refractivity contribution in [2.45, 2.75) is 25.3 Å². The molecule has 8 nitrogen and oxygen atoms in total. The van der Waals surface area contributed by atoms with Crippen LogP contribution in [-0.4, -0.2) is 63.2 Å². The third-order valence-electron chi connectivity index (χ3n) is 4.60. The minimum absolute atomic E-state index is 0.132. The number of methoxy groups -OCH3 is 1. The number of ether oxygens (including phenoxy) is 2. The van der Waals surface area contributed by atoms with E-state index >= 15 is 0 Å². The Kier molecular flexibility index (Phi) is 7.76. The van der Waals surface area contributed by atoms with Crippen LogP contribution in [0, 0.1) is 0 Å². The number of pyridine rings is 1. The number of benzene rings is 1. The largest absolute Gasteiger partial charge is 0.494 e. The molecule has 0 fully saturated rings. The highest BCUT2D eigenvalue weighted by molar-refractivity contribution is 6.60. The molecule has 0 saturated heterocycles. The molecule has 2 N–H and O–H groups in total. The molecule has 3 rings (SSSR count). The molecule has 2 aromatic heterocycles. The van der Waals surface area contributed by atoms with Gasteiger partial charge < -0.3 is 20.1 Å². The fourth-order valence-electron chi connectivity index (χ4n) is 3.18. The number of halogens is 1. The average Bonchev–Trinajstić information content (AvgIpc) is 3.23. The van der Waals surface area contributed by atoms with Gasteiger partial charge in [0.05, 0.1) is 53.3 Å². The average molecular weight is 459 g/mol. The summed E-state index contributed by atoms with van der Waals surface area (Å²) in [5.41, 5.74) is 2.47. The fourth-order valence-corrected chi connectivity index (χ4v) is 3.34. The van der Waals surface area contributed by atoms with Crippen LogP contribution < -0.4 is 15.4 Å². The lowest BCUT2D eigenvalue weighted by molar-refractivity contribution is 0.0161. The van der Waals surface area contributed by atoms with Crippen LogP contribution in [0.4, 0.5) is 11.4 Å². The highest BCUT2D eigenvalue weighted by atomic mass is 35.5. The Morgan fingerprint density at radius 3 is 2.70 bits per heavy atom. The first-order valence-corrected chi connectivity index (χ1v) is 10.5. The van der Waals surface area contributed by atoms with Gasteiger partial charge in [-0.25, -0.2) is 9.67 Å². The van der Waals surface area contributed by atoms with Crippen molar-refractivity contribution in [3.63, 3.8) is 0 Å². The molecular formula is C21H21B3ClN5O3. The number of rotatable bonds is 9. The van der Waals surface area contributed by atoms with Crippen molar-refractivity contribution < 1.29 is 14.3 Å². The van der Waals surface area contributed by atoms with Gasteiger partial charge in [0.2, 0.25) is 0 Å². The Labute approximate surface area is 201 Å². The van der Waals surface area contributed by atoms with E-state index in [1.165, 1.54) is 12.3 Å². The van der Waals surface area contributed by atoms with Crippen LogP contribution in [0.15, 0.2) is 42.7 Å². The van der Waals surface area contributed by atoms with Gasteiger partial charge in [0.1, 0.15) is 11.4 Å². The Balaban J connectivity index is 1.98. The summed E-state index contributed by atoms with van der Waals surface area (Å²) in [7, 11) is 18.0. The number of nitrogens with one attached hydrogen (secondary N) is 2. The summed E-state index contributed by atoms with van der Waals surface area (Å²) in [5, 5.41) is 8.33. The van der Waals surface area contributed by atoms with Gasteiger partial charge in [-0.3, -0.25) is 4.79 Å². The van der Waals surface area contributed by atoms with Crippen molar-refractivity contribution in [2.24, 2.45) is 0 Å². The van der Waals surface area contributed by atoms with Gasteiger partial charge in [0, 0.05) is 24.6 Å². The number of aromatic nitrogens is 3. The third kappa shape index (κ3) is 6.12. The van der Waals surface area contributed by atoms with E-state index in [2.05, 4.69) is 20.7 Å². The molecule has 33 heavy (non-hydrogen) atoms. The maximum atomic E-state index is 12.6. The molecule has 0 aliphatic heterocycles. The van der Waals surface area contributed by atoms with Crippen LogP contribution in [0.5, 0.6) is 5.75 Å². The molecule has 0 saturated carbocycles. The zero-order chi connectivity index (χ0) is 24.2. The molecule has 1 unspecified atom stereocenters. The van der Waals surface area contributed by atoms with E-state index in [0.29, 0.717) is 29.4 Å². The molecule has 2 heterocycles. The number of hydrogen-bond acceptors (Lipinski definition) is 6. The summed E-state index contributed by atoms with van der Waals surface area (Å²) in [6.07, 6.45) is 2.91. The van der Waals surface area contributed by atoms with Crippen molar-refractivity contribution in [2.75, 3.05) is 19.0 Å². The van der Waals surface area contributed by atoms with E-state index < -0.39 is 11.1 Å². The summed E-state index contributed by atoms with van der Waals surface area (Å²) in [5.74, 6) is -0.120. The maximum absolute atomic E-state index is 12.6. The molecule has 0 aliphatic carbocycles. The van der Waals surface area contributed by atoms with Crippen LogP contribution in [0.2, 0.25) is 5.15 Å². The lowest BCUT2D eigenvalue weighted by atomic mass is 9.49. The summed E-state index contributed by atoms with van der Waals surface area (Å²) in [6, 6.07) is 8.85. The number of nitrogens with zero attached hydrogens (tertiary/aromatic N) is 3. The zero-order valence-electron chi connectivity index (χ0n) is 18.5. The fraction of sp³-hybridized carbons (Fsp3) is 0.286. The number of amides is 1. The minimum Gasteiger partial charge on any atom is -0.494 e. The van der Waals surface area contributed by atoms with Crippen LogP contribution in [0.1, 0.15) is 30.4 Å².